The molecule has 0 saturated carbocycles. The zero-order valence-corrected chi connectivity index (χ0v) is 16.2. The summed E-state index contributed by atoms with van der Waals surface area (Å²) >= 11 is 1.51. The Kier molecular flexibility index (Phi) is 4.70. The van der Waals surface area contributed by atoms with Crippen LogP contribution in [0.15, 0.2) is 48.7 Å². The second-order valence-corrected chi connectivity index (χ2v) is 7.60. The lowest BCUT2D eigenvalue weighted by molar-refractivity contribution is 0.100. The molecule has 3 heterocycles. The van der Waals surface area contributed by atoms with Gasteiger partial charge in [-0.05, 0) is 35.9 Å². The summed E-state index contributed by atoms with van der Waals surface area (Å²) in [5, 5.41) is 13.3. The molecule has 0 atom stereocenters. The van der Waals surface area contributed by atoms with Crippen LogP contribution in [-0.2, 0) is 0 Å². The van der Waals surface area contributed by atoms with Crippen molar-refractivity contribution in [2.45, 2.75) is 19.8 Å². The first kappa shape index (κ1) is 18.0. The first-order valence-electron chi connectivity index (χ1n) is 8.77. The molecule has 3 N–H and O–H groups in total. The van der Waals surface area contributed by atoms with Gasteiger partial charge in [-0.3, -0.25) is 9.78 Å². The smallest absolute Gasteiger partial charge is 0.248 e. The summed E-state index contributed by atoms with van der Waals surface area (Å²) in [5.41, 5.74) is 9.18. The van der Waals surface area contributed by atoms with Crippen LogP contribution in [0, 0.1) is 0 Å². The number of carbonyl (C=O) groups excluding carboxylic acids is 1. The predicted octanol–water partition coefficient (Wildman–Crippen LogP) is 4.11. The Morgan fingerprint density at radius 2 is 1.86 bits per heavy atom. The molecule has 28 heavy (non-hydrogen) atoms. The van der Waals surface area contributed by atoms with Crippen molar-refractivity contribution in [2.75, 3.05) is 5.32 Å². The van der Waals surface area contributed by atoms with Gasteiger partial charge in [0, 0.05) is 23.2 Å². The van der Waals surface area contributed by atoms with Gasteiger partial charge >= 0.3 is 0 Å². The number of nitrogens with two attached hydrogens (primary N) is 1. The summed E-state index contributed by atoms with van der Waals surface area (Å²) in [6.45, 7) is 4.17. The van der Waals surface area contributed by atoms with Gasteiger partial charge in [0.15, 0.2) is 0 Å². The molecule has 0 saturated heterocycles. The number of rotatable bonds is 5. The summed E-state index contributed by atoms with van der Waals surface area (Å²) in [5.74, 6) is 0.548. The van der Waals surface area contributed by atoms with E-state index in [9.17, 15) is 4.79 Å². The van der Waals surface area contributed by atoms with Crippen LogP contribution in [0.25, 0.3) is 22.2 Å². The molecule has 3 aromatic heterocycles. The number of carbonyl (C=O) groups is 1. The molecule has 0 unspecified atom stereocenters. The highest BCUT2D eigenvalue weighted by molar-refractivity contribution is 7.15. The summed E-state index contributed by atoms with van der Waals surface area (Å²) in [4.78, 5) is 20.4. The lowest BCUT2D eigenvalue weighted by Crippen LogP contribution is -2.10. The molecule has 140 valence electrons. The summed E-state index contributed by atoms with van der Waals surface area (Å²) in [6.07, 6.45) is 1.74. The van der Waals surface area contributed by atoms with Gasteiger partial charge in [0.2, 0.25) is 11.0 Å². The van der Waals surface area contributed by atoms with Gasteiger partial charge in [-0.15, -0.1) is 10.2 Å². The number of amides is 1. The highest BCUT2D eigenvalue weighted by Gasteiger charge is 2.11. The largest absolute Gasteiger partial charge is 0.366 e. The summed E-state index contributed by atoms with van der Waals surface area (Å²) in [7, 11) is 0. The maximum Gasteiger partial charge on any atom is 0.248 e. The van der Waals surface area contributed by atoms with Crippen molar-refractivity contribution in [1.82, 2.24) is 20.2 Å². The van der Waals surface area contributed by atoms with E-state index in [0.29, 0.717) is 22.4 Å². The van der Waals surface area contributed by atoms with Crippen molar-refractivity contribution < 1.29 is 4.79 Å². The average Bonchev–Trinajstić information content (AvgIpc) is 3.16. The van der Waals surface area contributed by atoms with Gasteiger partial charge in [0.05, 0.1) is 11.0 Å². The van der Waals surface area contributed by atoms with E-state index in [1.54, 1.807) is 18.3 Å². The molecule has 7 nitrogen and oxygen atoms in total. The Bertz CT molecular complexity index is 1150. The highest BCUT2D eigenvalue weighted by atomic mass is 32.1. The molecule has 0 fully saturated rings. The van der Waals surface area contributed by atoms with E-state index in [1.165, 1.54) is 11.3 Å². The van der Waals surface area contributed by atoms with Crippen LogP contribution in [0.1, 0.15) is 35.1 Å². The maximum atomic E-state index is 11.3. The van der Waals surface area contributed by atoms with Gasteiger partial charge in [0.1, 0.15) is 10.8 Å². The van der Waals surface area contributed by atoms with Crippen molar-refractivity contribution >= 4 is 39.2 Å². The fourth-order valence-electron chi connectivity index (χ4n) is 2.77. The van der Waals surface area contributed by atoms with E-state index in [4.69, 9.17) is 10.7 Å². The molecule has 0 aliphatic carbocycles. The van der Waals surface area contributed by atoms with E-state index in [2.05, 4.69) is 34.3 Å². The molecule has 4 rings (SSSR count). The maximum absolute atomic E-state index is 11.3. The van der Waals surface area contributed by atoms with Crippen molar-refractivity contribution in [3.63, 3.8) is 0 Å². The minimum absolute atomic E-state index is 0.330. The number of primary amides is 1. The third-order valence-corrected chi connectivity index (χ3v) is 5.37. The predicted molar refractivity (Wildman–Crippen MR) is 111 cm³/mol. The number of aromatic nitrogens is 4. The number of nitrogens with one attached hydrogen (secondary N) is 1. The zero-order chi connectivity index (χ0) is 19.7. The quantitative estimate of drug-likeness (QED) is 0.531. The van der Waals surface area contributed by atoms with Crippen LogP contribution in [0.5, 0.6) is 0 Å². The topological polar surface area (TPSA) is 107 Å². The van der Waals surface area contributed by atoms with Crippen molar-refractivity contribution in [2.24, 2.45) is 5.73 Å². The molecule has 1 aromatic carbocycles. The Labute approximate surface area is 165 Å². The molecule has 1 amide bonds. The first-order valence-corrected chi connectivity index (χ1v) is 9.59. The molecule has 8 heteroatoms. The number of anilines is 2. The van der Waals surface area contributed by atoms with E-state index in [0.717, 1.165) is 27.2 Å². The van der Waals surface area contributed by atoms with Crippen LogP contribution < -0.4 is 11.1 Å². The monoisotopic (exact) mass is 390 g/mol. The van der Waals surface area contributed by atoms with Crippen molar-refractivity contribution in [3.8, 4) is 11.1 Å². The van der Waals surface area contributed by atoms with E-state index >= 15 is 0 Å². The van der Waals surface area contributed by atoms with E-state index in [-0.39, 0.29) is 0 Å². The van der Waals surface area contributed by atoms with Gasteiger partial charge in [-0.25, -0.2) is 4.98 Å². The average molecular weight is 390 g/mol. The number of hydrogen-bond acceptors (Lipinski definition) is 7. The van der Waals surface area contributed by atoms with E-state index in [1.807, 2.05) is 30.3 Å². The SMILES string of the molecule is CC(C)c1nnc(Nc2ccc3nccc(-c4ccc(C(N)=O)cc4)c3n2)s1. The minimum atomic E-state index is -0.450. The normalized spacial score (nSPS) is 11.1. The summed E-state index contributed by atoms with van der Waals surface area (Å²) < 4.78 is 0. The van der Waals surface area contributed by atoms with Gasteiger partial charge < -0.3 is 11.1 Å². The third kappa shape index (κ3) is 3.54. The van der Waals surface area contributed by atoms with Gasteiger partial charge in [-0.2, -0.15) is 0 Å². The van der Waals surface area contributed by atoms with Crippen LogP contribution >= 0.6 is 11.3 Å². The van der Waals surface area contributed by atoms with Crippen LogP contribution in [0.2, 0.25) is 0 Å². The van der Waals surface area contributed by atoms with Gasteiger partial charge in [0.25, 0.3) is 0 Å². The molecule has 0 aliphatic heterocycles. The van der Waals surface area contributed by atoms with Crippen LogP contribution in [-0.4, -0.2) is 26.1 Å². The molecule has 0 bridgehead atoms. The van der Waals surface area contributed by atoms with Gasteiger partial charge in [-0.1, -0.05) is 37.3 Å². The Balaban J connectivity index is 1.71. The van der Waals surface area contributed by atoms with Crippen LogP contribution in [0.4, 0.5) is 10.9 Å². The highest BCUT2D eigenvalue weighted by Crippen LogP contribution is 2.29. The van der Waals surface area contributed by atoms with Crippen LogP contribution in [0.3, 0.4) is 0 Å². The Morgan fingerprint density at radius 1 is 1.07 bits per heavy atom. The number of hydrogen-bond donors (Lipinski definition) is 2. The number of nitrogens with zero attached hydrogens (tertiary/aromatic N) is 4. The molecular formula is C20H18N6OS. The molecule has 4 aromatic rings. The fraction of sp³-hybridized carbons (Fsp3) is 0.150. The number of pyridine rings is 2. The number of benzene rings is 1. The number of fused-ring (bicyclic) bond motifs is 1. The lowest BCUT2D eigenvalue weighted by atomic mass is 10.0. The standard InChI is InChI=1S/C20H18N6OS/c1-11(2)19-25-26-20(28-19)24-16-8-7-15-17(23-16)14(9-10-22-15)12-3-5-13(6-4-12)18(21)27/h3-11H,1-2H3,(H2,21,27)(H,23,24,26). The molecule has 0 spiro atoms. The zero-order valence-electron chi connectivity index (χ0n) is 15.4. The fourth-order valence-corrected chi connectivity index (χ4v) is 3.52. The second kappa shape index (κ2) is 7.32. The van der Waals surface area contributed by atoms with E-state index < -0.39 is 5.91 Å². The lowest BCUT2D eigenvalue weighted by Gasteiger charge is -2.08. The second-order valence-electron chi connectivity index (χ2n) is 6.59. The minimum Gasteiger partial charge on any atom is -0.366 e. The Morgan fingerprint density at radius 3 is 2.54 bits per heavy atom. The molecule has 0 radical (unpaired) electrons. The molecular weight excluding hydrogens is 372 g/mol. The van der Waals surface area contributed by atoms with Crippen molar-refractivity contribution in [1.29, 1.82) is 0 Å². The summed E-state index contributed by atoms with van der Waals surface area (Å²) in [6, 6.07) is 12.8. The first-order chi connectivity index (χ1) is 13.5. The third-order valence-electron chi connectivity index (χ3n) is 4.23. The van der Waals surface area contributed by atoms with Crippen molar-refractivity contribution in [3.05, 3.63) is 59.2 Å². The Hall–Kier alpha value is -3.39. The molecule has 0 aliphatic rings.